The second-order valence-corrected chi connectivity index (χ2v) is 6.27. The lowest BCUT2D eigenvalue weighted by Crippen LogP contribution is -2.33. The van der Waals surface area contributed by atoms with E-state index in [9.17, 15) is 8.42 Å². The fourth-order valence-electron chi connectivity index (χ4n) is 1.75. The molecule has 0 spiro atoms. The van der Waals surface area contributed by atoms with E-state index in [0.717, 1.165) is 26.1 Å². The van der Waals surface area contributed by atoms with Gasteiger partial charge in [-0.3, -0.25) is 0 Å². The molecule has 1 N–H and O–H groups in total. The summed E-state index contributed by atoms with van der Waals surface area (Å²) in [6, 6.07) is 0. The third-order valence-corrected chi connectivity index (χ3v) is 4.36. The minimum Gasteiger partial charge on any atom is -0.303 e. The number of rotatable bonds is 6. The third kappa shape index (κ3) is 5.70. The van der Waals surface area contributed by atoms with Gasteiger partial charge in [0.25, 0.3) is 0 Å². The molecule has 1 aliphatic heterocycles. The summed E-state index contributed by atoms with van der Waals surface area (Å²) in [5.74, 6) is 0. The number of nitrogens with one attached hydrogen (secondary N) is 1. The van der Waals surface area contributed by atoms with Crippen LogP contribution < -0.4 is 4.72 Å². The average molecular weight is 255 g/mol. The first-order chi connectivity index (χ1) is 7.14. The molecule has 4 nitrogen and oxygen atoms in total. The number of halogens is 1. The molecule has 1 fully saturated rings. The van der Waals surface area contributed by atoms with E-state index < -0.39 is 10.0 Å². The highest BCUT2D eigenvalue weighted by molar-refractivity contribution is 7.90. The van der Waals surface area contributed by atoms with Gasteiger partial charge in [-0.25, -0.2) is 13.1 Å². The van der Waals surface area contributed by atoms with Crippen LogP contribution in [0.5, 0.6) is 0 Å². The molecule has 0 aromatic heterocycles. The number of sulfonamides is 1. The van der Waals surface area contributed by atoms with Gasteiger partial charge in [0.1, 0.15) is 5.21 Å². The van der Waals surface area contributed by atoms with Gasteiger partial charge in [0.05, 0.1) is 0 Å². The van der Waals surface area contributed by atoms with Crippen molar-refractivity contribution in [3.63, 3.8) is 0 Å². The Balaban J connectivity index is 2.06. The molecular formula is C9H19ClN2O2S. The molecule has 90 valence electrons. The zero-order valence-electron chi connectivity index (χ0n) is 8.91. The number of piperidine rings is 1. The molecule has 0 bridgehead atoms. The van der Waals surface area contributed by atoms with Gasteiger partial charge in [-0.15, -0.1) is 11.6 Å². The summed E-state index contributed by atoms with van der Waals surface area (Å²) < 4.78 is 24.4. The van der Waals surface area contributed by atoms with E-state index in [-0.39, 0.29) is 5.21 Å². The van der Waals surface area contributed by atoms with Crippen molar-refractivity contribution in [1.82, 2.24) is 9.62 Å². The van der Waals surface area contributed by atoms with Gasteiger partial charge >= 0.3 is 0 Å². The van der Waals surface area contributed by atoms with Crippen LogP contribution >= 0.6 is 11.6 Å². The molecular weight excluding hydrogens is 236 g/mol. The summed E-state index contributed by atoms with van der Waals surface area (Å²) in [7, 11) is -3.23. The summed E-state index contributed by atoms with van der Waals surface area (Å²) in [6.45, 7) is 3.78. The number of hydrogen-bond acceptors (Lipinski definition) is 3. The van der Waals surface area contributed by atoms with Crippen LogP contribution in [0, 0.1) is 0 Å². The summed E-state index contributed by atoms with van der Waals surface area (Å²) in [4.78, 5) is 2.39. The molecule has 1 heterocycles. The SMILES string of the molecule is O=S(=O)(CCl)NCCCN1CCCCC1. The first-order valence-electron chi connectivity index (χ1n) is 5.40. The summed E-state index contributed by atoms with van der Waals surface area (Å²) in [5.41, 5.74) is 0. The fourth-order valence-corrected chi connectivity index (χ4v) is 2.52. The maximum absolute atomic E-state index is 11.0. The number of hydrogen-bond donors (Lipinski definition) is 1. The lowest BCUT2D eigenvalue weighted by atomic mass is 10.1. The Morgan fingerprint density at radius 1 is 1.20 bits per heavy atom. The minimum absolute atomic E-state index is 0.350. The van der Waals surface area contributed by atoms with E-state index in [0.29, 0.717) is 6.54 Å². The van der Waals surface area contributed by atoms with E-state index in [1.54, 1.807) is 0 Å². The highest BCUT2D eigenvalue weighted by Gasteiger charge is 2.10. The van der Waals surface area contributed by atoms with Crippen LogP contribution in [0.15, 0.2) is 0 Å². The molecule has 0 aromatic carbocycles. The normalized spacial score (nSPS) is 19.3. The van der Waals surface area contributed by atoms with Crippen molar-refractivity contribution in [3.8, 4) is 0 Å². The van der Waals surface area contributed by atoms with E-state index in [4.69, 9.17) is 11.6 Å². The van der Waals surface area contributed by atoms with Gasteiger partial charge in [0.15, 0.2) is 0 Å². The maximum Gasteiger partial charge on any atom is 0.225 e. The first kappa shape index (κ1) is 13.2. The molecule has 0 aliphatic carbocycles. The van der Waals surface area contributed by atoms with Crippen LogP contribution in [0.2, 0.25) is 0 Å². The second-order valence-electron chi connectivity index (χ2n) is 3.87. The lowest BCUT2D eigenvalue weighted by molar-refractivity contribution is 0.227. The molecule has 0 atom stereocenters. The van der Waals surface area contributed by atoms with Crippen LogP contribution in [0.1, 0.15) is 25.7 Å². The molecule has 0 amide bonds. The highest BCUT2D eigenvalue weighted by atomic mass is 35.5. The summed E-state index contributed by atoms with van der Waals surface area (Å²) >= 11 is 5.26. The number of nitrogens with zero attached hydrogens (tertiary/aromatic N) is 1. The van der Waals surface area contributed by atoms with E-state index in [1.165, 1.54) is 19.3 Å². The standard InChI is InChI=1S/C9H19ClN2O2S/c10-9-15(13,14)11-5-4-8-12-6-2-1-3-7-12/h11H,1-9H2. The van der Waals surface area contributed by atoms with Gasteiger partial charge in [-0.05, 0) is 38.9 Å². The zero-order valence-corrected chi connectivity index (χ0v) is 10.5. The van der Waals surface area contributed by atoms with Crippen molar-refractivity contribution in [3.05, 3.63) is 0 Å². The molecule has 1 rings (SSSR count). The summed E-state index contributed by atoms with van der Waals surface area (Å²) in [6.07, 6.45) is 4.73. The van der Waals surface area contributed by atoms with E-state index in [2.05, 4.69) is 9.62 Å². The van der Waals surface area contributed by atoms with Crippen molar-refractivity contribution in [2.45, 2.75) is 25.7 Å². The van der Waals surface area contributed by atoms with Gasteiger partial charge in [-0.2, -0.15) is 0 Å². The molecule has 1 aliphatic rings. The van der Waals surface area contributed by atoms with E-state index in [1.807, 2.05) is 0 Å². The molecule has 0 saturated carbocycles. The Bertz CT molecular complexity index is 263. The molecule has 0 unspecified atom stereocenters. The quantitative estimate of drug-likeness (QED) is 0.568. The number of alkyl halides is 1. The predicted molar refractivity (Wildman–Crippen MR) is 62.6 cm³/mol. The Hall–Kier alpha value is 0.160. The van der Waals surface area contributed by atoms with Crippen molar-refractivity contribution in [1.29, 1.82) is 0 Å². The minimum atomic E-state index is -3.23. The topological polar surface area (TPSA) is 49.4 Å². The molecule has 15 heavy (non-hydrogen) atoms. The average Bonchev–Trinajstić information content (AvgIpc) is 2.26. The molecule has 0 aromatic rings. The van der Waals surface area contributed by atoms with Crippen molar-refractivity contribution < 1.29 is 8.42 Å². The molecule has 6 heteroatoms. The molecule has 0 radical (unpaired) electrons. The fraction of sp³-hybridized carbons (Fsp3) is 1.00. The first-order valence-corrected chi connectivity index (χ1v) is 7.58. The van der Waals surface area contributed by atoms with Gasteiger partial charge < -0.3 is 4.90 Å². The van der Waals surface area contributed by atoms with Crippen LogP contribution in [0.25, 0.3) is 0 Å². The van der Waals surface area contributed by atoms with Crippen LogP contribution in [0.3, 0.4) is 0 Å². The predicted octanol–water partition coefficient (Wildman–Crippen LogP) is 0.978. The smallest absolute Gasteiger partial charge is 0.225 e. The largest absolute Gasteiger partial charge is 0.303 e. The lowest BCUT2D eigenvalue weighted by Gasteiger charge is -2.26. The van der Waals surface area contributed by atoms with Crippen molar-refractivity contribution in [2.75, 3.05) is 31.4 Å². The third-order valence-electron chi connectivity index (χ3n) is 2.57. The van der Waals surface area contributed by atoms with Crippen LogP contribution in [-0.2, 0) is 10.0 Å². The van der Waals surface area contributed by atoms with Gasteiger partial charge in [-0.1, -0.05) is 6.42 Å². The van der Waals surface area contributed by atoms with Crippen molar-refractivity contribution in [2.24, 2.45) is 0 Å². The van der Waals surface area contributed by atoms with Crippen LogP contribution in [-0.4, -0.2) is 44.7 Å². The van der Waals surface area contributed by atoms with Crippen LogP contribution in [0.4, 0.5) is 0 Å². The Labute approximate surface area is 97.0 Å². The zero-order chi connectivity index (χ0) is 11.1. The second kappa shape index (κ2) is 6.68. The van der Waals surface area contributed by atoms with Gasteiger partial charge in [0, 0.05) is 6.54 Å². The van der Waals surface area contributed by atoms with E-state index >= 15 is 0 Å². The Kier molecular flexibility index (Phi) is 5.89. The van der Waals surface area contributed by atoms with Gasteiger partial charge in [0.2, 0.25) is 10.0 Å². The Morgan fingerprint density at radius 3 is 2.47 bits per heavy atom. The monoisotopic (exact) mass is 254 g/mol. The highest BCUT2D eigenvalue weighted by Crippen LogP contribution is 2.08. The Morgan fingerprint density at radius 2 is 1.87 bits per heavy atom. The molecule has 1 saturated heterocycles. The number of likely N-dealkylation sites (tertiary alicyclic amines) is 1. The summed E-state index contributed by atoms with van der Waals surface area (Å²) in [5, 5.41) is -0.350. The maximum atomic E-state index is 11.0. The van der Waals surface area contributed by atoms with Crippen molar-refractivity contribution >= 4 is 21.6 Å².